The molecule has 0 aromatic heterocycles. The lowest BCUT2D eigenvalue weighted by Gasteiger charge is -2.03. The molecule has 3 heteroatoms. The average Bonchev–Trinajstić information content (AvgIpc) is 2.42. The van der Waals surface area contributed by atoms with Crippen molar-refractivity contribution in [3.63, 3.8) is 0 Å². The molecule has 3 nitrogen and oxygen atoms in total. The number of carbonyl (C=O) groups is 1. The summed E-state index contributed by atoms with van der Waals surface area (Å²) in [6.07, 6.45) is 0.393. The van der Waals surface area contributed by atoms with E-state index in [-0.39, 0.29) is 18.4 Å². The van der Waals surface area contributed by atoms with E-state index in [1.807, 2.05) is 6.07 Å². The Kier molecular flexibility index (Phi) is 1.90. The number of aliphatic hydroxyl groups is 1. The van der Waals surface area contributed by atoms with Gasteiger partial charge in [0, 0.05) is 18.0 Å². The minimum Gasteiger partial charge on any atom is -0.392 e. The third kappa shape index (κ3) is 1.26. The quantitative estimate of drug-likeness (QED) is 0.665. The highest BCUT2D eigenvalue weighted by Gasteiger charge is 2.26. The summed E-state index contributed by atoms with van der Waals surface area (Å²) in [6, 6.07) is 5.20. The van der Waals surface area contributed by atoms with Crippen LogP contribution in [0.5, 0.6) is 0 Å². The van der Waals surface area contributed by atoms with Gasteiger partial charge in [-0.15, -0.1) is 0 Å². The molecule has 1 aliphatic rings. The molecule has 0 aliphatic heterocycles. The molecule has 0 spiro atoms. The van der Waals surface area contributed by atoms with E-state index in [1.165, 1.54) is 0 Å². The number of hydrogen-bond donors (Lipinski definition) is 2. The lowest BCUT2D eigenvalue weighted by atomic mass is 10.1. The van der Waals surface area contributed by atoms with E-state index in [4.69, 9.17) is 10.8 Å². The number of fused-ring (bicyclic) bond motifs is 1. The van der Waals surface area contributed by atoms with E-state index in [0.29, 0.717) is 12.0 Å². The maximum Gasteiger partial charge on any atom is 0.165 e. The van der Waals surface area contributed by atoms with Crippen LogP contribution in [-0.4, -0.2) is 10.9 Å². The number of Topliss-reactive ketones (excluding diaryl/α,β-unsaturated/α-hetero) is 1. The third-order valence-electron chi connectivity index (χ3n) is 2.41. The standard InChI is InChI=1S/C10H11NO2/c11-9-4-10(13)8-3-6(5-12)1-2-7(8)9/h1-3,9,12H,4-5,11H2/t9-/m0/s1. The van der Waals surface area contributed by atoms with Gasteiger partial charge in [0.15, 0.2) is 5.78 Å². The maximum absolute atomic E-state index is 11.4. The Morgan fingerprint density at radius 3 is 3.00 bits per heavy atom. The highest BCUT2D eigenvalue weighted by atomic mass is 16.3. The second-order valence-corrected chi connectivity index (χ2v) is 3.31. The maximum atomic E-state index is 11.4. The van der Waals surface area contributed by atoms with E-state index >= 15 is 0 Å². The molecular formula is C10H11NO2. The first-order chi connectivity index (χ1) is 6.22. The lowest BCUT2D eigenvalue weighted by Crippen LogP contribution is -2.05. The fourth-order valence-corrected chi connectivity index (χ4v) is 1.69. The number of ketones is 1. The molecule has 13 heavy (non-hydrogen) atoms. The molecule has 1 aromatic carbocycles. The molecule has 0 fully saturated rings. The molecule has 0 bridgehead atoms. The summed E-state index contributed by atoms with van der Waals surface area (Å²) >= 11 is 0. The van der Waals surface area contributed by atoms with Crippen molar-refractivity contribution in [2.45, 2.75) is 19.1 Å². The molecule has 1 aliphatic carbocycles. The largest absolute Gasteiger partial charge is 0.392 e. The van der Waals surface area contributed by atoms with Crippen LogP contribution in [0.2, 0.25) is 0 Å². The number of rotatable bonds is 1. The van der Waals surface area contributed by atoms with Crippen LogP contribution < -0.4 is 5.73 Å². The van der Waals surface area contributed by atoms with Crippen molar-refractivity contribution in [1.82, 2.24) is 0 Å². The Labute approximate surface area is 76.2 Å². The van der Waals surface area contributed by atoms with E-state index < -0.39 is 0 Å². The molecule has 1 atom stereocenters. The predicted molar refractivity (Wildman–Crippen MR) is 48.2 cm³/mol. The van der Waals surface area contributed by atoms with Crippen LogP contribution in [0.3, 0.4) is 0 Å². The summed E-state index contributed by atoms with van der Waals surface area (Å²) < 4.78 is 0. The average molecular weight is 177 g/mol. The summed E-state index contributed by atoms with van der Waals surface area (Å²) in [7, 11) is 0. The van der Waals surface area contributed by atoms with Gasteiger partial charge in [-0.05, 0) is 17.2 Å². The van der Waals surface area contributed by atoms with Crippen molar-refractivity contribution in [1.29, 1.82) is 0 Å². The number of aliphatic hydroxyl groups excluding tert-OH is 1. The third-order valence-corrected chi connectivity index (χ3v) is 2.41. The van der Waals surface area contributed by atoms with Crippen LogP contribution in [-0.2, 0) is 6.61 Å². The van der Waals surface area contributed by atoms with Gasteiger partial charge in [-0.3, -0.25) is 4.79 Å². The Hall–Kier alpha value is -1.19. The highest BCUT2D eigenvalue weighted by molar-refractivity contribution is 6.01. The van der Waals surface area contributed by atoms with Gasteiger partial charge in [0.2, 0.25) is 0 Å². The summed E-state index contributed by atoms with van der Waals surface area (Å²) in [5, 5.41) is 8.88. The monoisotopic (exact) mass is 177 g/mol. The van der Waals surface area contributed by atoms with E-state index in [1.54, 1.807) is 12.1 Å². The predicted octanol–water partition coefficient (Wildman–Crippen LogP) is 0.765. The van der Waals surface area contributed by atoms with E-state index in [0.717, 1.165) is 11.1 Å². The van der Waals surface area contributed by atoms with Crippen molar-refractivity contribution in [3.8, 4) is 0 Å². The number of carbonyl (C=O) groups excluding carboxylic acids is 1. The molecule has 0 saturated carbocycles. The minimum absolute atomic E-state index is 0.0319. The van der Waals surface area contributed by atoms with Crippen LogP contribution in [0.1, 0.15) is 33.9 Å². The zero-order valence-corrected chi connectivity index (χ0v) is 7.16. The zero-order valence-electron chi connectivity index (χ0n) is 7.16. The fraction of sp³-hybridized carbons (Fsp3) is 0.300. The van der Waals surface area contributed by atoms with Gasteiger partial charge in [-0.2, -0.15) is 0 Å². The van der Waals surface area contributed by atoms with E-state index in [2.05, 4.69) is 0 Å². The van der Waals surface area contributed by atoms with Gasteiger partial charge in [0.05, 0.1) is 6.61 Å². The fourth-order valence-electron chi connectivity index (χ4n) is 1.69. The Morgan fingerprint density at radius 2 is 2.31 bits per heavy atom. The number of benzene rings is 1. The van der Waals surface area contributed by atoms with Gasteiger partial charge in [0.1, 0.15) is 0 Å². The summed E-state index contributed by atoms with van der Waals surface area (Å²) in [5.41, 5.74) is 8.09. The van der Waals surface area contributed by atoms with Crippen LogP contribution in [0.4, 0.5) is 0 Å². The normalized spacial score (nSPS) is 20.5. The molecule has 1 aromatic rings. The molecule has 0 unspecified atom stereocenters. The molecular weight excluding hydrogens is 166 g/mol. The first-order valence-electron chi connectivity index (χ1n) is 4.25. The van der Waals surface area contributed by atoms with Crippen LogP contribution in [0, 0.1) is 0 Å². The molecule has 0 saturated heterocycles. The Morgan fingerprint density at radius 1 is 1.54 bits per heavy atom. The Balaban J connectivity index is 2.52. The first kappa shape index (κ1) is 8.41. The van der Waals surface area contributed by atoms with Crippen LogP contribution in [0.15, 0.2) is 18.2 Å². The van der Waals surface area contributed by atoms with Crippen molar-refractivity contribution in [2.75, 3.05) is 0 Å². The summed E-state index contributed by atoms with van der Waals surface area (Å²) in [6.45, 7) is -0.0319. The van der Waals surface area contributed by atoms with Crippen molar-refractivity contribution in [3.05, 3.63) is 34.9 Å². The first-order valence-corrected chi connectivity index (χ1v) is 4.25. The molecule has 3 N–H and O–H groups in total. The van der Waals surface area contributed by atoms with Crippen molar-refractivity contribution in [2.24, 2.45) is 5.73 Å². The van der Waals surface area contributed by atoms with Crippen molar-refractivity contribution < 1.29 is 9.90 Å². The van der Waals surface area contributed by atoms with E-state index in [9.17, 15) is 4.79 Å². The molecule has 2 rings (SSSR count). The summed E-state index contributed by atoms with van der Waals surface area (Å²) in [4.78, 5) is 11.4. The van der Waals surface area contributed by atoms with Crippen molar-refractivity contribution >= 4 is 5.78 Å². The molecule has 0 amide bonds. The van der Waals surface area contributed by atoms with Gasteiger partial charge in [-0.25, -0.2) is 0 Å². The summed E-state index contributed by atoms with van der Waals surface area (Å²) in [5.74, 6) is 0.0813. The zero-order chi connectivity index (χ0) is 9.42. The number of hydrogen-bond acceptors (Lipinski definition) is 3. The van der Waals surface area contributed by atoms with Gasteiger partial charge in [-0.1, -0.05) is 12.1 Å². The van der Waals surface area contributed by atoms with Gasteiger partial charge < -0.3 is 10.8 Å². The highest BCUT2D eigenvalue weighted by Crippen LogP contribution is 2.29. The van der Waals surface area contributed by atoms with Crippen LogP contribution >= 0.6 is 0 Å². The van der Waals surface area contributed by atoms with Gasteiger partial charge >= 0.3 is 0 Å². The van der Waals surface area contributed by atoms with Gasteiger partial charge in [0.25, 0.3) is 0 Å². The smallest absolute Gasteiger partial charge is 0.165 e. The Bertz CT molecular complexity index is 360. The SMILES string of the molecule is N[C@H]1CC(=O)c2cc(CO)ccc21. The minimum atomic E-state index is -0.157. The second-order valence-electron chi connectivity index (χ2n) is 3.31. The molecule has 68 valence electrons. The topological polar surface area (TPSA) is 63.3 Å². The molecule has 0 radical (unpaired) electrons. The van der Waals surface area contributed by atoms with Crippen LogP contribution in [0.25, 0.3) is 0 Å². The number of nitrogens with two attached hydrogens (primary N) is 1. The second kappa shape index (κ2) is 2.94. The lowest BCUT2D eigenvalue weighted by molar-refractivity contribution is 0.0989. The molecule has 0 heterocycles.